The molecule has 2 N–H and O–H groups in total. The lowest BCUT2D eigenvalue weighted by Crippen LogP contribution is -2.40. The Labute approximate surface area is 121 Å². The van der Waals surface area contributed by atoms with E-state index in [0.717, 1.165) is 23.9 Å². The molecular formula is C14H19F2NO2S. The Kier molecular flexibility index (Phi) is 6.95. The lowest BCUT2D eigenvalue weighted by atomic mass is 10.0. The van der Waals surface area contributed by atoms with E-state index in [9.17, 15) is 13.6 Å². The van der Waals surface area contributed by atoms with Gasteiger partial charge in [-0.3, -0.25) is 4.79 Å². The van der Waals surface area contributed by atoms with Gasteiger partial charge in [-0.2, -0.15) is 0 Å². The number of hydrogen-bond acceptors (Lipinski definition) is 3. The molecule has 0 aliphatic heterocycles. The van der Waals surface area contributed by atoms with Crippen LogP contribution >= 0.6 is 11.8 Å². The number of hydrogen-bond donors (Lipinski definition) is 2. The van der Waals surface area contributed by atoms with Crippen LogP contribution in [0, 0.1) is 17.6 Å². The van der Waals surface area contributed by atoms with Gasteiger partial charge in [0.15, 0.2) is 0 Å². The maximum atomic E-state index is 13.4. The van der Waals surface area contributed by atoms with Crippen molar-refractivity contribution in [3.05, 3.63) is 29.8 Å². The van der Waals surface area contributed by atoms with Gasteiger partial charge in [0.05, 0.1) is 5.75 Å². The smallest absolute Gasteiger partial charge is 0.230 e. The third-order valence-electron chi connectivity index (χ3n) is 2.84. The van der Waals surface area contributed by atoms with Gasteiger partial charge in [0.1, 0.15) is 11.6 Å². The quantitative estimate of drug-likeness (QED) is 0.761. The van der Waals surface area contributed by atoms with Gasteiger partial charge in [-0.25, -0.2) is 8.78 Å². The Morgan fingerprint density at radius 3 is 2.65 bits per heavy atom. The lowest BCUT2D eigenvalue weighted by Gasteiger charge is -2.21. The normalized spacial score (nSPS) is 12.5. The molecule has 0 aliphatic carbocycles. The molecule has 1 amide bonds. The molecule has 1 rings (SSSR count). The van der Waals surface area contributed by atoms with Crippen LogP contribution in [0.2, 0.25) is 0 Å². The molecule has 1 unspecified atom stereocenters. The Morgan fingerprint density at radius 2 is 2.10 bits per heavy atom. The monoisotopic (exact) mass is 303 g/mol. The van der Waals surface area contributed by atoms with Crippen LogP contribution in [0.5, 0.6) is 0 Å². The molecule has 0 heterocycles. The van der Waals surface area contributed by atoms with Gasteiger partial charge in [0.25, 0.3) is 0 Å². The lowest BCUT2D eigenvalue weighted by molar-refractivity contribution is -0.119. The molecule has 0 aliphatic rings. The summed E-state index contributed by atoms with van der Waals surface area (Å²) in [5, 5.41) is 11.7. The first kappa shape index (κ1) is 16.9. The first-order valence-electron chi connectivity index (χ1n) is 6.42. The van der Waals surface area contributed by atoms with Crippen molar-refractivity contribution in [1.82, 2.24) is 5.32 Å². The van der Waals surface area contributed by atoms with E-state index in [0.29, 0.717) is 6.42 Å². The zero-order valence-corrected chi connectivity index (χ0v) is 12.3. The molecule has 112 valence electrons. The van der Waals surface area contributed by atoms with E-state index in [-0.39, 0.29) is 35.1 Å². The van der Waals surface area contributed by atoms with Gasteiger partial charge in [-0.05, 0) is 24.5 Å². The summed E-state index contributed by atoms with van der Waals surface area (Å²) < 4.78 is 26.1. The molecule has 0 fully saturated rings. The zero-order valence-electron chi connectivity index (χ0n) is 11.5. The first-order chi connectivity index (χ1) is 9.43. The second-order valence-corrected chi connectivity index (χ2v) is 5.81. The van der Waals surface area contributed by atoms with E-state index in [1.807, 2.05) is 13.8 Å². The molecule has 1 aromatic rings. The first-order valence-corrected chi connectivity index (χ1v) is 7.40. The standard InChI is InChI=1S/C14H19F2NO2S/c1-9(2)12(5-6-18)17-14(19)8-20-13-4-3-10(15)7-11(13)16/h3-4,7,9,12,18H,5-6,8H2,1-2H3,(H,17,19). The minimum absolute atomic E-state index is 0.00284. The molecule has 0 radical (unpaired) electrons. The highest BCUT2D eigenvalue weighted by molar-refractivity contribution is 8.00. The molecule has 6 heteroatoms. The molecular weight excluding hydrogens is 284 g/mol. The molecule has 0 saturated carbocycles. The number of thioether (sulfide) groups is 1. The van der Waals surface area contributed by atoms with Crippen molar-refractivity contribution in [3.8, 4) is 0 Å². The van der Waals surface area contributed by atoms with Crippen molar-refractivity contribution < 1.29 is 18.7 Å². The summed E-state index contributed by atoms with van der Waals surface area (Å²) in [5.41, 5.74) is 0. The minimum atomic E-state index is -0.668. The molecule has 20 heavy (non-hydrogen) atoms. The van der Waals surface area contributed by atoms with Gasteiger partial charge >= 0.3 is 0 Å². The van der Waals surface area contributed by atoms with Gasteiger partial charge < -0.3 is 10.4 Å². The second kappa shape index (κ2) is 8.21. The van der Waals surface area contributed by atoms with Crippen molar-refractivity contribution in [2.75, 3.05) is 12.4 Å². The average Bonchev–Trinajstić information content (AvgIpc) is 2.37. The number of halogens is 2. The van der Waals surface area contributed by atoms with Crippen LogP contribution in [0.15, 0.2) is 23.1 Å². The van der Waals surface area contributed by atoms with Crippen molar-refractivity contribution >= 4 is 17.7 Å². The van der Waals surface area contributed by atoms with Crippen LogP contribution in [0.1, 0.15) is 20.3 Å². The summed E-state index contributed by atoms with van der Waals surface area (Å²) in [6.45, 7) is 3.91. The Bertz CT molecular complexity index is 455. The number of nitrogens with one attached hydrogen (secondary N) is 1. The van der Waals surface area contributed by atoms with Crippen LogP contribution in [0.3, 0.4) is 0 Å². The molecule has 0 spiro atoms. The van der Waals surface area contributed by atoms with Crippen LogP contribution in [0.25, 0.3) is 0 Å². The van der Waals surface area contributed by atoms with Crippen molar-refractivity contribution in [2.45, 2.75) is 31.2 Å². The molecule has 1 aromatic carbocycles. The van der Waals surface area contributed by atoms with Crippen LogP contribution in [-0.4, -0.2) is 29.4 Å². The van der Waals surface area contributed by atoms with Gasteiger partial charge in [0, 0.05) is 23.6 Å². The van der Waals surface area contributed by atoms with Crippen molar-refractivity contribution in [3.63, 3.8) is 0 Å². The molecule has 0 aromatic heterocycles. The number of rotatable bonds is 7. The highest BCUT2D eigenvalue weighted by Gasteiger charge is 2.16. The number of carbonyl (C=O) groups excluding carboxylic acids is 1. The summed E-state index contributed by atoms with van der Waals surface area (Å²) in [4.78, 5) is 12.0. The summed E-state index contributed by atoms with van der Waals surface area (Å²) in [7, 11) is 0. The Hall–Kier alpha value is -1.14. The fourth-order valence-corrected chi connectivity index (χ4v) is 2.43. The SMILES string of the molecule is CC(C)C(CCO)NC(=O)CSc1ccc(F)cc1F. The van der Waals surface area contributed by atoms with Gasteiger partial charge in [0.2, 0.25) is 5.91 Å². The Morgan fingerprint density at radius 1 is 1.40 bits per heavy atom. The topological polar surface area (TPSA) is 49.3 Å². The van der Waals surface area contributed by atoms with E-state index in [2.05, 4.69) is 5.32 Å². The summed E-state index contributed by atoms with van der Waals surface area (Å²) in [6, 6.07) is 3.16. The number of benzene rings is 1. The molecule has 0 saturated heterocycles. The predicted molar refractivity (Wildman–Crippen MR) is 75.6 cm³/mol. The van der Waals surface area contributed by atoms with E-state index in [1.54, 1.807) is 0 Å². The van der Waals surface area contributed by atoms with E-state index in [1.165, 1.54) is 6.07 Å². The predicted octanol–water partition coefficient (Wildman–Crippen LogP) is 2.58. The van der Waals surface area contributed by atoms with E-state index in [4.69, 9.17) is 5.11 Å². The molecule has 3 nitrogen and oxygen atoms in total. The van der Waals surface area contributed by atoms with Crippen molar-refractivity contribution in [1.29, 1.82) is 0 Å². The number of carbonyl (C=O) groups is 1. The average molecular weight is 303 g/mol. The molecule has 1 atom stereocenters. The highest BCUT2D eigenvalue weighted by Crippen LogP contribution is 2.22. The third-order valence-corrected chi connectivity index (χ3v) is 3.89. The van der Waals surface area contributed by atoms with Gasteiger partial charge in [-0.15, -0.1) is 11.8 Å². The van der Waals surface area contributed by atoms with Gasteiger partial charge in [-0.1, -0.05) is 13.8 Å². The fraction of sp³-hybridized carbons (Fsp3) is 0.500. The summed E-state index contributed by atoms with van der Waals surface area (Å²) in [6.07, 6.45) is 0.485. The van der Waals surface area contributed by atoms with Crippen LogP contribution in [-0.2, 0) is 4.79 Å². The maximum Gasteiger partial charge on any atom is 0.230 e. The maximum absolute atomic E-state index is 13.4. The fourth-order valence-electron chi connectivity index (χ4n) is 1.70. The number of aliphatic hydroxyl groups excluding tert-OH is 1. The number of amides is 1. The van der Waals surface area contributed by atoms with E-state index < -0.39 is 11.6 Å². The van der Waals surface area contributed by atoms with Crippen molar-refractivity contribution in [2.24, 2.45) is 5.92 Å². The second-order valence-electron chi connectivity index (χ2n) is 4.79. The third kappa shape index (κ3) is 5.46. The zero-order chi connectivity index (χ0) is 15.1. The largest absolute Gasteiger partial charge is 0.396 e. The number of aliphatic hydroxyl groups is 1. The highest BCUT2D eigenvalue weighted by atomic mass is 32.2. The Balaban J connectivity index is 2.50. The van der Waals surface area contributed by atoms with E-state index >= 15 is 0 Å². The molecule has 0 bridgehead atoms. The summed E-state index contributed by atoms with van der Waals surface area (Å²) in [5.74, 6) is -1.28. The minimum Gasteiger partial charge on any atom is -0.396 e. The summed E-state index contributed by atoms with van der Waals surface area (Å²) >= 11 is 1.02. The van der Waals surface area contributed by atoms with Crippen LogP contribution < -0.4 is 5.32 Å². The van der Waals surface area contributed by atoms with Crippen LogP contribution in [0.4, 0.5) is 8.78 Å².